The standard InChI is InChI=1S/C18H18F3N3O3S/c19-13-3-1-4-14(20)17(13)24-18-15(21)5-2-6-16(18)23(28(24,25)26)9-7-12-11-22-8-10-27-12/h1-6,12,22H,7-11H2/t12-/m1/s1. The van der Waals surface area contributed by atoms with Crippen LogP contribution in [0.15, 0.2) is 36.4 Å². The number of anilines is 3. The average molecular weight is 413 g/mol. The summed E-state index contributed by atoms with van der Waals surface area (Å²) in [6, 6.07) is 6.80. The molecule has 10 heteroatoms. The number of ether oxygens (including phenoxy) is 1. The molecule has 150 valence electrons. The van der Waals surface area contributed by atoms with E-state index in [1.165, 1.54) is 12.1 Å². The van der Waals surface area contributed by atoms with Crippen molar-refractivity contribution in [2.24, 2.45) is 0 Å². The third-order valence-electron chi connectivity index (χ3n) is 4.75. The third kappa shape index (κ3) is 3.11. The first-order valence-electron chi connectivity index (χ1n) is 8.79. The number of rotatable bonds is 4. The molecule has 2 aromatic carbocycles. The van der Waals surface area contributed by atoms with E-state index in [0.29, 0.717) is 30.4 Å². The van der Waals surface area contributed by atoms with Crippen LogP contribution in [0.5, 0.6) is 0 Å². The van der Waals surface area contributed by atoms with Gasteiger partial charge in [0.15, 0.2) is 11.6 Å². The molecule has 2 aliphatic rings. The van der Waals surface area contributed by atoms with Gasteiger partial charge in [-0.25, -0.2) is 17.5 Å². The molecule has 4 rings (SSSR count). The molecule has 2 aromatic rings. The molecule has 0 aromatic heterocycles. The van der Waals surface area contributed by atoms with E-state index in [-0.39, 0.29) is 18.3 Å². The van der Waals surface area contributed by atoms with E-state index in [9.17, 15) is 21.6 Å². The van der Waals surface area contributed by atoms with Gasteiger partial charge in [0.1, 0.15) is 17.2 Å². The summed E-state index contributed by atoms with van der Waals surface area (Å²) in [6.07, 6.45) is 0.135. The number of halogens is 3. The van der Waals surface area contributed by atoms with Gasteiger partial charge in [-0.2, -0.15) is 8.42 Å². The van der Waals surface area contributed by atoms with E-state index in [1.807, 2.05) is 0 Å². The zero-order valence-electron chi connectivity index (χ0n) is 14.7. The molecular weight excluding hydrogens is 395 g/mol. The molecule has 0 amide bonds. The lowest BCUT2D eigenvalue weighted by Gasteiger charge is -2.27. The van der Waals surface area contributed by atoms with Crippen molar-refractivity contribution in [2.75, 3.05) is 34.9 Å². The highest BCUT2D eigenvalue weighted by Gasteiger charge is 2.45. The molecule has 0 radical (unpaired) electrons. The Labute approximate surface area is 160 Å². The maximum Gasteiger partial charge on any atom is 0.331 e. The van der Waals surface area contributed by atoms with Crippen LogP contribution in [0.4, 0.5) is 30.2 Å². The zero-order valence-corrected chi connectivity index (χ0v) is 15.6. The first kappa shape index (κ1) is 19.0. The quantitative estimate of drug-likeness (QED) is 0.837. The lowest BCUT2D eigenvalue weighted by molar-refractivity contribution is 0.0254. The highest BCUT2D eigenvalue weighted by molar-refractivity contribution is 7.95. The Kier molecular flexibility index (Phi) is 4.94. The van der Waals surface area contributed by atoms with Crippen LogP contribution in [0.1, 0.15) is 6.42 Å². The molecule has 28 heavy (non-hydrogen) atoms. The van der Waals surface area contributed by atoms with Gasteiger partial charge in [0, 0.05) is 19.6 Å². The van der Waals surface area contributed by atoms with Crippen LogP contribution in [-0.4, -0.2) is 40.8 Å². The number of fused-ring (bicyclic) bond motifs is 1. The summed E-state index contributed by atoms with van der Waals surface area (Å²) in [6.45, 7) is 1.77. The molecule has 0 aliphatic carbocycles. The van der Waals surface area contributed by atoms with Crippen LogP contribution in [0, 0.1) is 17.5 Å². The number of benzene rings is 2. The highest BCUT2D eigenvalue weighted by Crippen LogP contribution is 2.48. The van der Waals surface area contributed by atoms with Gasteiger partial charge in [0.25, 0.3) is 0 Å². The monoisotopic (exact) mass is 413 g/mol. The molecule has 1 fully saturated rings. The van der Waals surface area contributed by atoms with Gasteiger partial charge in [-0.1, -0.05) is 12.1 Å². The Bertz CT molecular complexity index is 977. The van der Waals surface area contributed by atoms with Crippen LogP contribution in [0.2, 0.25) is 0 Å². The minimum Gasteiger partial charge on any atom is -0.376 e. The van der Waals surface area contributed by atoms with Crippen LogP contribution >= 0.6 is 0 Å². The topological polar surface area (TPSA) is 61.9 Å². The van der Waals surface area contributed by atoms with Crippen LogP contribution in [0.3, 0.4) is 0 Å². The largest absolute Gasteiger partial charge is 0.376 e. The fraction of sp³-hybridized carbons (Fsp3) is 0.333. The molecule has 1 N–H and O–H groups in total. The minimum atomic E-state index is -4.44. The molecule has 2 heterocycles. The van der Waals surface area contributed by atoms with E-state index >= 15 is 0 Å². The van der Waals surface area contributed by atoms with E-state index in [0.717, 1.165) is 28.6 Å². The summed E-state index contributed by atoms with van der Waals surface area (Å²) in [5.41, 5.74) is -1.19. The second kappa shape index (κ2) is 7.26. The van der Waals surface area contributed by atoms with Crippen LogP contribution in [0.25, 0.3) is 0 Å². The molecule has 0 unspecified atom stereocenters. The van der Waals surface area contributed by atoms with Crippen molar-refractivity contribution in [3.8, 4) is 0 Å². The molecule has 6 nitrogen and oxygen atoms in total. The Morgan fingerprint density at radius 1 is 1.04 bits per heavy atom. The first-order valence-corrected chi connectivity index (χ1v) is 10.2. The Morgan fingerprint density at radius 3 is 2.32 bits per heavy atom. The predicted octanol–water partition coefficient (Wildman–Crippen LogP) is 2.69. The Hall–Kier alpha value is -2.30. The van der Waals surface area contributed by atoms with Gasteiger partial charge in [0.2, 0.25) is 0 Å². The van der Waals surface area contributed by atoms with Gasteiger partial charge in [0.05, 0.1) is 18.4 Å². The van der Waals surface area contributed by atoms with Crippen LogP contribution < -0.4 is 13.9 Å². The Morgan fingerprint density at radius 2 is 1.68 bits per heavy atom. The van der Waals surface area contributed by atoms with Gasteiger partial charge in [-0.3, -0.25) is 4.31 Å². The smallest absolute Gasteiger partial charge is 0.331 e. The predicted molar refractivity (Wildman–Crippen MR) is 98.4 cm³/mol. The summed E-state index contributed by atoms with van der Waals surface area (Å²) in [4.78, 5) is 0. The van der Waals surface area contributed by atoms with E-state index in [4.69, 9.17) is 4.74 Å². The first-order chi connectivity index (χ1) is 13.4. The molecule has 1 saturated heterocycles. The summed E-state index contributed by atoms with van der Waals surface area (Å²) < 4.78 is 76.6. The van der Waals surface area contributed by atoms with Crippen molar-refractivity contribution in [3.05, 3.63) is 53.8 Å². The second-order valence-electron chi connectivity index (χ2n) is 6.51. The number of nitrogens with one attached hydrogen (secondary N) is 1. The van der Waals surface area contributed by atoms with Gasteiger partial charge < -0.3 is 10.1 Å². The normalized spacial score (nSPS) is 21.0. The van der Waals surface area contributed by atoms with Crippen molar-refractivity contribution in [1.82, 2.24) is 5.32 Å². The minimum absolute atomic E-state index is 0.0162. The van der Waals surface area contributed by atoms with Crippen molar-refractivity contribution in [1.29, 1.82) is 0 Å². The zero-order chi connectivity index (χ0) is 19.9. The summed E-state index contributed by atoms with van der Waals surface area (Å²) in [7, 11) is -4.44. The number of para-hydroxylation sites is 2. The summed E-state index contributed by atoms with van der Waals surface area (Å²) >= 11 is 0. The Balaban J connectivity index is 1.77. The van der Waals surface area contributed by atoms with Gasteiger partial charge >= 0.3 is 10.2 Å². The van der Waals surface area contributed by atoms with Crippen molar-refractivity contribution in [2.45, 2.75) is 12.5 Å². The molecular formula is C18H18F3N3O3S. The van der Waals surface area contributed by atoms with E-state index in [2.05, 4.69) is 5.32 Å². The van der Waals surface area contributed by atoms with E-state index in [1.54, 1.807) is 0 Å². The maximum absolute atomic E-state index is 14.6. The summed E-state index contributed by atoms with van der Waals surface area (Å²) in [5.74, 6) is -3.08. The van der Waals surface area contributed by atoms with Gasteiger partial charge in [-0.15, -0.1) is 0 Å². The number of nitrogens with zero attached hydrogens (tertiary/aromatic N) is 2. The van der Waals surface area contributed by atoms with Crippen molar-refractivity contribution in [3.63, 3.8) is 0 Å². The number of morpholine rings is 1. The highest BCUT2D eigenvalue weighted by atomic mass is 32.2. The number of hydrogen-bond donors (Lipinski definition) is 1. The fourth-order valence-electron chi connectivity index (χ4n) is 3.46. The average Bonchev–Trinajstić information content (AvgIpc) is 2.89. The molecule has 2 aliphatic heterocycles. The SMILES string of the molecule is O=S1(=O)N(CC[C@@H]2CNCCO2)c2cccc(F)c2N1c1c(F)cccc1F. The van der Waals surface area contributed by atoms with Crippen molar-refractivity contribution >= 4 is 27.3 Å². The van der Waals surface area contributed by atoms with Crippen molar-refractivity contribution < 1.29 is 26.3 Å². The molecule has 1 atom stereocenters. The van der Waals surface area contributed by atoms with Crippen LogP contribution in [-0.2, 0) is 14.9 Å². The summed E-state index contributed by atoms with van der Waals surface area (Å²) in [5, 5.41) is 3.15. The molecule has 0 bridgehead atoms. The molecule has 0 saturated carbocycles. The number of hydrogen-bond acceptors (Lipinski definition) is 4. The van der Waals surface area contributed by atoms with E-state index < -0.39 is 39.0 Å². The van der Waals surface area contributed by atoms with Gasteiger partial charge in [-0.05, 0) is 30.7 Å². The lowest BCUT2D eigenvalue weighted by atomic mass is 10.2. The fourth-order valence-corrected chi connectivity index (χ4v) is 5.20. The lowest BCUT2D eigenvalue weighted by Crippen LogP contribution is -2.42. The second-order valence-corrected chi connectivity index (χ2v) is 8.21. The maximum atomic E-state index is 14.6. The molecule has 0 spiro atoms. The third-order valence-corrected chi connectivity index (χ3v) is 6.51.